The van der Waals surface area contributed by atoms with E-state index in [-0.39, 0.29) is 48.5 Å². The molecule has 1 fully saturated rings. The van der Waals surface area contributed by atoms with Crippen molar-refractivity contribution in [2.75, 3.05) is 13.7 Å². The van der Waals surface area contributed by atoms with E-state index in [0.717, 1.165) is 5.56 Å². The Labute approximate surface area is 190 Å². The second kappa shape index (κ2) is 10.4. The topological polar surface area (TPSA) is 88.1 Å². The molecule has 1 heterocycles. The number of carbonyl (C=O) groups is 1. The predicted molar refractivity (Wildman–Crippen MR) is 98.1 cm³/mol. The number of hydrogen-bond donors (Lipinski definition) is 0. The third kappa shape index (κ3) is 5.47. The number of hydrogen-bond acceptors (Lipinski definition) is 7. The van der Waals surface area contributed by atoms with Gasteiger partial charge in [-0.3, -0.25) is 8.98 Å². The minimum Gasteiger partial charge on any atom is -0.540 e. The molecule has 1 saturated heterocycles. The number of carbonyl (C=O) groups excluding carboxylic acids is 1. The van der Waals surface area contributed by atoms with E-state index >= 15 is 0 Å². The Balaban J connectivity index is 0.00000392. The second-order valence-electron chi connectivity index (χ2n) is 6.49. The molecule has 0 unspecified atom stereocenters. The predicted octanol–water partition coefficient (Wildman–Crippen LogP) is 2.40. The van der Waals surface area contributed by atoms with Crippen LogP contribution in [0.15, 0.2) is 41.8 Å². The van der Waals surface area contributed by atoms with Gasteiger partial charge in [0.15, 0.2) is 0 Å². The average molecular weight is 635 g/mol. The molecule has 7 nitrogen and oxygen atoms in total. The molecule has 1 aliphatic heterocycles. The summed E-state index contributed by atoms with van der Waals surface area (Å²) < 4.78 is 46.9. The Bertz CT molecular complexity index is 778. The summed E-state index contributed by atoms with van der Waals surface area (Å²) in [6, 6.07) is 6.33. The van der Waals surface area contributed by atoms with Crippen molar-refractivity contribution in [3.8, 4) is 0 Å². The van der Waals surface area contributed by atoms with Gasteiger partial charge in [0.2, 0.25) is 0 Å². The van der Waals surface area contributed by atoms with Crippen molar-refractivity contribution >= 4 is 16.1 Å². The first kappa shape index (κ1) is 25.3. The van der Waals surface area contributed by atoms with E-state index in [2.05, 4.69) is 6.58 Å². The van der Waals surface area contributed by atoms with E-state index < -0.39 is 33.9 Å². The van der Waals surface area contributed by atoms with E-state index in [1.54, 1.807) is 25.1 Å². The molecular weight excluding hydrogens is 610 g/mol. The number of methoxy groups -OCH3 is 1. The van der Waals surface area contributed by atoms with Gasteiger partial charge in [0.05, 0.1) is 23.2 Å². The van der Waals surface area contributed by atoms with E-state index in [9.17, 15) is 13.2 Å². The molecule has 0 saturated carbocycles. The molecule has 9 heteroatoms. The summed E-state index contributed by atoms with van der Waals surface area (Å²) in [4.78, 5) is 11.4. The van der Waals surface area contributed by atoms with Gasteiger partial charge in [0, 0.05) is 57.2 Å². The zero-order valence-corrected chi connectivity index (χ0v) is 21.4. The monoisotopic (exact) mass is 635 g/mol. The minimum atomic E-state index is -4.01. The summed E-state index contributed by atoms with van der Waals surface area (Å²) >= 11 is 0. The molecule has 0 N–H and O–H groups in total. The Morgan fingerprint density at radius 2 is 2.00 bits per heavy atom. The average Bonchev–Trinajstić information content (AvgIpc) is 2.97. The smallest absolute Gasteiger partial charge is 0.300 e. The maximum Gasteiger partial charge on any atom is 0.300 e. The van der Waals surface area contributed by atoms with Crippen molar-refractivity contribution < 1.29 is 62.7 Å². The summed E-state index contributed by atoms with van der Waals surface area (Å²) in [5, 5.41) is 0. The number of ether oxygens (including phenoxy) is 3. The first-order valence-corrected chi connectivity index (χ1v) is 9.87. The molecule has 0 aromatic heterocycles. The number of rotatable bonds is 8. The van der Waals surface area contributed by atoms with Gasteiger partial charge in [-0.15, -0.1) is 6.58 Å². The van der Waals surface area contributed by atoms with E-state index in [1.807, 2.05) is 6.92 Å². The van der Waals surface area contributed by atoms with Crippen LogP contribution in [0.3, 0.4) is 0 Å². The molecule has 1 aromatic rings. The van der Waals surface area contributed by atoms with E-state index in [4.69, 9.17) is 18.4 Å². The van der Waals surface area contributed by atoms with Crippen molar-refractivity contribution in [2.45, 2.75) is 43.5 Å². The first-order chi connectivity index (χ1) is 12.7. The zero-order valence-electron chi connectivity index (χ0n) is 16.4. The molecule has 0 amide bonds. The molecular formula is C19H25O7SU-. The Kier molecular flexibility index (Phi) is 9.39. The van der Waals surface area contributed by atoms with Crippen LogP contribution in [-0.4, -0.2) is 45.9 Å². The van der Waals surface area contributed by atoms with Gasteiger partial charge in [-0.2, -0.15) is 15.0 Å². The summed E-state index contributed by atoms with van der Waals surface area (Å²) in [7, 11) is -2.57. The van der Waals surface area contributed by atoms with Crippen molar-refractivity contribution in [1.82, 2.24) is 0 Å². The van der Waals surface area contributed by atoms with E-state index in [1.165, 1.54) is 32.8 Å². The molecule has 0 aliphatic carbocycles. The molecule has 0 radical (unpaired) electrons. The molecule has 0 spiro atoms. The van der Waals surface area contributed by atoms with Crippen LogP contribution in [0.2, 0.25) is 0 Å². The number of benzene rings is 1. The SMILES string of the molecule is C=C[C@H](C)[C@@]1(COS(=O)(=O)c2ccc(C)cc2)O[CH-][C@H](OC(C)=O)[C@@H]1OC.[U]. The minimum absolute atomic E-state index is 0. The normalized spacial score (nSPS) is 25.6. The number of aryl methyl sites for hydroxylation is 1. The summed E-state index contributed by atoms with van der Waals surface area (Å²) in [6.07, 6.45) is 0.0564. The quantitative estimate of drug-likeness (QED) is 0.188. The Hall–Kier alpha value is -0.688. The van der Waals surface area contributed by atoms with Gasteiger partial charge in [0.25, 0.3) is 16.1 Å². The molecule has 1 aliphatic rings. The zero-order chi connectivity index (χ0) is 20.2. The van der Waals surface area contributed by atoms with Gasteiger partial charge in [-0.05, 0) is 19.1 Å². The van der Waals surface area contributed by atoms with Gasteiger partial charge >= 0.3 is 0 Å². The fourth-order valence-electron chi connectivity index (χ4n) is 2.98. The van der Waals surface area contributed by atoms with Crippen LogP contribution >= 0.6 is 0 Å². The standard InChI is InChI=1S/C19H25O7S.U/c1-6-14(3)19(18(23-5)17(11-24-19)26-15(4)20)12-25-27(21,22)16-9-7-13(2)8-10-16;/h6-11,14,17-18H,1,12H2,2-5H3;/q-1;/t14-,17-,18-,19+;/m0./s1. The van der Waals surface area contributed by atoms with Crippen LogP contribution in [-0.2, 0) is 33.3 Å². The molecule has 154 valence electrons. The fourth-order valence-corrected chi connectivity index (χ4v) is 3.93. The molecule has 1 aromatic carbocycles. The maximum absolute atomic E-state index is 12.6. The largest absolute Gasteiger partial charge is 0.540 e. The third-order valence-corrected chi connectivity index (χ3v) is 5.91. The summed E-state index contributed by atoms with van der Waals surface area (Å²) in [5.41, 5.74) is -0.280. The first-order valence-electron chi connectivity index (χ1n) is 8.46. The van der Waals surface area contributed by atoms with Crippen LogP contribution in [0.4, 0.5) is 0 Å². The molecule has 28 heavy (non-hydrogen) atoms. The Morgan fingerprint density at radius 1 is 1.39 bits per heavy atom. The number of esters is 1. The van der Waals surface area contributed by atoms with Crippen molar-refractivity contribution in [3.63, 3.8) is 0 Å². The summed E-state index contributed by atoms with van der Waals surface area (Å²) in [5.74, 6) is -0.857. The van der Waals surface area contributed by atoms with Crippen LogP contribution in [0, 0.1) is 50.6 Å². The van der Waals surface area contributed by atoms with Gasteiger partial charge in [-0.25, -0.2) is 0 Å². The van der Waals surface area contributed by atoms with Crippen LogP contribution in [0.25, 0.3) is 0 Å². The van der Waals surface area contributed by atoms with Crippen LogP contribution in [0.1, 0.15) is 19.4 Å². The van der Waals surface area contributed by atoms with Crippen LogP contribution < -0.4 is 0 Å². The second-order valence-corrected chi connectivity index (χ2v) is 8.11. The van der Waals surface area contributed by atoms with E-state index in [0.29, 0.717) is 0 Å². The molecule has 2 rings (SSSR count). The maximum atomic E-state index is 12.6. The van der Waals surface area contributed by atoms with Gasteiger partial charge in [0.1, 0.15) is 0 Å². The van der Waals surface area contributed by atoms with Crippen LogP contribution in [0.5, 0.6) is 0 Å². The fraction of sp³-hybridized carbons (Fsp3) is 0.474. The van der Waals surface area contributed by atoms with Crippen molar-refractivity contribution in [1.29, 1.82) is 0 Å². The van der Waals surface area contributed by atoms with Crippen molar-refractivity contribution in [2.24, 2.45) is 5.92 Å². The Morgan fingerprint density at radius 3 is 2.50 bits per heavy atom. The summed E-state index contributed by atoms with van der Waals surface area (Å²) in [6.45, 7) is 9.69. The van der Waals surface area contributed by atoms with Gasteiger partial charge < -0.3 is 14.2 Å². The molecule has 0 bridgehead atoms. The van der Waals surface area contributed by atoms with Gasteiger partial charge in [-0.1, -0.05) is 30.7 Å². The van der Waals surface area contributed by atoms with Crippen molar-refractivity contribution in [3.05, 3.63) is 49.1 Å². The molecule has 4 atom stereocenters. The third-order valence-electron chi connectivity index (χ3n) is 4.63.